The van der Waals surface area contributed by atoms with E-state index in [2.05, 4.69) is 0 Å². The zero-order valence-corrected chi connectivity index (χ0v) is 17.7. The Labute approximate surface area is 171 Å². The maximum Gasteiger partial charge on any atom is 0.165 e. The van der Waals surface area contributed by atoms with Crippen molar-refractivity contribution in [3.8, 4) is 17.2 Å². The van der Waals surface area contributed by atoms with Crippen molar-refractivity contribution in [3.63, 3.8) is 0 Å². The van der Waals surface area contributed by atoms with Crippen LogP contribution in [0.2, 0.25) is 0 Å². The molecule has 0 aliphatic carbocycles. The lowest BCUT2D eigenvalue weighted by Gasteiger charge is -2.34. The second kappa shape index (κ2) is 8.17. The molecule has 0 saturated carbocycles. The monoisotopic (exact) mass is 412 g/mol. The van der Waals surface area contributed by atoms with Gasteiger partial charge in [-0.3, -0.25) is 0 Å². The molecule has 0 amide bonds. The van der Waals surface area contributed by atoms with Crippen LogP contribution >= 0.6 is 0 Å². The van der Waals surface area contributed by atoms with Gasteiger partial charge in [-0.05, 0) is 53.1 Å². The highest BCUT2D eigenvalue weighted by atomic mass is 32.2. The van der Waals surface area contributed by atoms with Crippen molar-refractivity contribution in [2.45, 2.75) is 4.75 Å². The van der Waals surface area contributed by atoms with E-state index in [9.17, 15) is 8.42 Å². The molecule has 0 fully saturated rings. The quantitative estimate of drug-likeness (QED) is 0.548. The summed E-state index contributed by atoms with van der Waals surface area (Å²) in [6, 6.07) is 21.3. The fraction of sp³-hybridized carbons (Fsp3) is 0.217. The first-order valence-electron chi connectivity index (χ1n) is 9.00. The summed E-state index contributed by atoms with van der Waals surface area (Å²) in [5, 5.41) is 0. The molecular formula is C23H24O5S. The normalized spacial score (nSPS) is 11.7. The van der Waals surface area contributed by atoms with E-state index < -0.39 is 14.6 Å². The molecule has 0 saturated heterocycles. The van der Waals surface area contributed by atoms with E-state index in [-0.39, 0.29) is 0 Å². The van der Waals surface area contributed by atoms with Gasteiger partial charge >= 0.3 is 0 Å². The third kappa shape index (κ3) is 3.68. The van der Waals surface area contributed by atoms with E-state index in [0.717, 1.165) is 0 Å². The molecule has 0 atom stereocenters. The van der Waals surface area contributed by atoms with Gasteiger partial charge in [-0.25, -0.2) is 8.42 Å². The summed E-state index contributed by atoms with van der Waals surface area (Å²) in [4.78, 5) is 0. The molecule has 0 unspecified atom stereocenters. The molecule has 6 heteroatoms. The van der Waals surface area contributed by atoms with Gasteiger partial charge in [-0.1, -0.05) is 36.4 Å². The first-order valence-corrected chi connectivity index (χ1v) is 10.9. The highest BCUT2D eigenvalue weighted by Gasteiger charge is 2.46. The van der Waals surface area contributed by atoms with Crippen LogP contribution in [0.4, 0.5) is 0 Å². The van der Waals surface area contributed by atoms with Crippen molar-refractivity contribution in [1.82, 2.24) is 0 Å². The third-order valence-electron chi connectivity index (χ3n) is 5.05. The molecule has 29 heavy (non-hydrogen) atoms. The van der Waals surface area contributed by atoms with Crippen LogP contribution in [0.5, 0.6) is 17.2 Å². The lowest BCUT2D eigenvalue weighted by molar-refractivity contribution is 0.414. The van der Waals surface area contributed by atoms with Crippen molar-refractivity contribution in [2.75, 3.05) is 27.6 Å². The Kier molecular flexibility index (Phi) is 5.84. The second-order valence-electron chi connectivity index (χ2n) is 6.64. The summed E-state index contributed by atoms with van der Waals surface area (Å²) in [7, 11) is 1.06. The topological polar surface area (TPSA) is 61.8 Å². The van der Waals surface area contributed by atoms with Gasteiger partial charge in [0, 0.05) is 6.26 Å². The van der Waals surface area contributed by atoms with Gasteiger partial charge in [-0.15, -0.1) is 0 Å². The van der Waals surface area contributed by atoms with Crippen LogP contribution in [0.1, 0.15) is 16.7 Å². The van der Waals surface area contributed by atoms with Crippen LogP contribution in [-0.2, 0) is 14.6 Å². The standard InChI is InChI=1S/C23H24O5S/c1-26-20-11-5-17(6-12-20)23(29(4,24)25,18-7-13-21(27-2)14-8-18)19-9-15-22(28-3)16-10-19/h5-16H,1-4H3. The highest BCUT2D eigenvalue weighted by Crippen LogP contribution is 2.44. The van der Waals surface area contributed by atoms with E-state index >= 15 is 0 Å². The van der Waals surface area contributed by atoms with E-state index in [4.69, 9.17) is 14.2 Å². The summed E-state index contributed by atoms with van der Waals surface area (Å²) in [6.45, 7) is 0. The summed E-state index contributed by atoms with van der Waals surface area (Å²) in [5.74, 6) is 1.96. The smallest absolute Gasteiger partial charge is 0.165 e. The molecule has 0 spiro atoms. The van der Waals surface area contributed by atoms with Crippen LogP contribution in [0, 0.1) is 0 Å². The molecule has 5 nitrogen and oxygen atoms in total. The molecule has 0 N–H and O–H groups in total. The number of hydrogen-bond donors (Lipinski definition) is 0. The zero-order chi connectivity index (χ0) is 21.1. The lowest BCUT2D eigenvalue weighted by Crippen LogP contribution is -2.37. The Bertz CT molecular complexity index is 938. The fourth-order valence-electron chi connectivity index (χ4n) is 3.62. The predicted octanol–water partition coefficient (Wildman–Crippen LogP) is 4.05. The van der Waals surface area contributed by atoms with Crippen LogP contribution in [0.3, 0.4) is 0 Å². The highest BCUT2D eigenvalue weighted by molar-refractivity contribution is 7.92. The minimum atomic E-state index is -3.67. The van der Waals surface area contributed by atoms with Crippen LogP contribution in [0.15, 0.2) is 72.8 Å². The molecule has 3 aromatic carbocycles. The Hall–Kier alpha value is -2.99. The summed E-state index contributed by atoms with van der Waals surface area (Å²) in [5.41, 5.74) is 1.86. The van der Waals surface area contributed by atoms with Gasteiger partial charge in [0.1, 0.15) is 22.0 Å². The Morgan fingerprint density at radius 2 is 0.793 bits per heavy atom. The zero-order valence-electron chi connectivity index (χ0n) is 16.9. The number of hydrogen-bond acceptors (Lipinski definition) is 5. The van der Waals surface area contributed by atoms with Crippen molar-refractivity contribution in [3.05, 3.63) is 89.5 Å². The van der Waals surface area contributed by atoms with E-state index in [1.54, 1.807) is 94.1 Å². The van der Waals surface area contributed by atoms with Crippen molar-refractivity contribution in [2.24, 2.45) is 0 Å². The Morgan fingerprint density at radius 3 is 0.966 bits per heavy atom. The molecule has 0 radical (unpaired) electrons. The molecule has 152 valence electrons. The number of rotatable bonds is 7. The molecule has 0 aromatic heterocycles. The van der Waals surface area contributed by atoms with Crippen molar-refractivity contribution < 1.29 is 22.6 Å². The van der Waals surface area contributed by atoms with E-state index in [1.807, 2.05) is 0 Å². The fourth-order valence-corrected chi connectivity index (χ4v) is 5.31. The maximum atomic E-state index is 13.4. The van der Waals surface area contributed by atoms with E-state index in [0.29, 0.717) is 33.9 Å². The summed E-state index contributed by atoms with van der Waals surface area (Å²) in [6.07, 6.45) is 1.26. The number of ether oxygens (including phenoxy) is 3. The molecular weight excluding hydrogens is 388 g/mol. The SMILES string of the molecule is COc1ccc(C(c2ccc(OC)cc2)(c2ccc(OC)cc2)S(C)(=O)=O)cc1. The summed E-state index contributed by atoms with van der Waals surface area (Å²) < 4.78 is 41.2. The number of sulfone groups is 1. The maximum absolute atomic E-state index is 13.4. The third-order valence-corrected chi connectivity index (χ3v) is 6.87. The minimum Gasteiger partial charge on any atom is -0.497 e. The largest absolute Gasteiger partial charge is 0.497 e. The minimum absolute atomic E-state index is 0.621. The predicted molar refractivity (Wildman–Crippen MR) is 114 cm³/mol. The first-order chi connectivity index (χ1) is 13.9. The molecule has 0 aliphatic rings. The van der Waals surface area contributed by atoms with Gasteiger partial charge in [0.25, 0.3) is 0 Å². The van der Waals surface area contributed by atoms with Crippen molar-refractivity contribution >= 4 is 9.84 Å². The van der Waals surface area contributed by atoms with E-state index in [1.165, 1.54) is 6.26 Å². The molecule has 3 rings (SSSR count). The number of benzene rings is 3. The molecule has 0 aliphatic heterocycles. The van der Waals surface area contributed by atoms with Crippen LogP contribution in [0.25, 0.3) is 0 Å². The molecule has 0 heterocycles. The lowest BCUT2D eigenvalue weighted by atomic mass is 9.84. The molecule has 3 aromatic rings. The summed E-state index contributed by atoms with van der Waals surface area (Å²) >= 11 is 0. The van der Waals surface area contributed by atoms with Gasteiger partial charge in [-0.2, -0.15) is 0 Å². The van der Waals surface area contributed by atoms with Crippen molar-refractivity contribution in [1.29, 1.82) is 0 Å². The number of methoxy groups -OCH3 is 3. The van der Waals surface area contributed by atoms with Gasteiger partial charge in [0.15, 0.2) is 9.84 Å². The Morgan fingerprint density at radius 1 is 0.552 bits per heavy atom. The second-order valence-corrected chi connectivity index (χ2v) is 8.80. The Balaban J connectivity index is 2.37. The first kappa shape index (κ1) is 20.7. The average molecular weight is 413 g/mol. The van der Waals surface area contributed by atoms with Crippen LogP contribution < -0.4 is 14.2 Å². The van der Waals surface area contributed by atoms with Gasteiger partial charge < -0.3 is 14.2 Å². The molecule has 0 bridgehead atoms. The van der Waals surface area contributed by atoms with Crippen LogP contribution in [-0.4, -0.2) is 36.0 Å². The average Bonchev–Trinajstić information content (AvgIpc) is 2.74. The van der Waals surface area contributed by atoms with Gasteiger partial charge in [0.2, 0.25) is 0 Å². The van der Waals surface area contributed by atoms with Gasteiger partial charge in [0.05, 0.1) is 21.3 Å².